The number of phenols is 1. The van der Waals surface area contributed by atoms with E-state index in [0.717, 1.165) is 37.0 Å². The van der Waals surface area contributed by atoms with Crippen LogP contribution < -0.4 is 10.7 Å². The van der Waals surface area contributed by atoms with Gasteiger partial charge in [-0.1, -0.05) is 0 Å². The monoisotopic (exact) mass is 436 g/mol. The van der Waals surface area contributed by atoms with E-state index in [2.05, 4.69) is 31.8 Å². The Morgan fingerprint density at radius 3 is 2.41 bits per heavy atom. The Balaban J connectivity index is 1.41. The summed E-state index contributed by atoms with van der Waals surface area (Å²) in [6.07, 6.45) is 8.19. The summed E-state index contributed by atoms with van der Waals surface area (Å²) in [5, 5.41) is 27.9. The van der Waals surface area contributed by atoms with E-state index in [1.807, 2.05) is 0 Å². The molecular formula is C18H21BrN4O4. The van der Waals surface area contributed by atoms with Crippen molar-refractivity contribution in [2.75, 3.05) is 0 Å². The summed E-state index contributed by atoms with van der Waals surface area (Å²) < 4.78 is 0.191. The number of carbonyl (C=O) groups is 1. The largest absolute Gasteiger partial charge is 0.506 e. The van der Waals surface area contributed by atoms with Gasteiger partial charge in [-0.05, 0) is 72.2 Å². The minimum Gasteiger partial charge on any atom is -0.506 e. The first-order chi connectivity index (χ1) is 12.8. The van der Waals surface area contributed by atoms with Crippen LogP contribution in [0.5, 0.6) is 5.75 Å². The number of phenolic OH excluding ortho intramolecular Hbond substituents is 1. The second-order valence-electron chi connectivity index (χ2n) is 8.14. The zero-order valence-corrected chi connectivity index (χ0v) is 16.2. The number of urea groups is 1. The SMILES string of the molecule is O=C(NN=Cc1cc([N+](=O)[O-])cc(Br)c1O)NC12CC3CC(CC(C3)C1)C2. The first-order valence-electron chi connectivity index (χ1n) is 9.12. The minimum atomic E-state index is -0.561. The molecule has 9 heteroatoms. The summed E-state index contributed by atoms with van der Waals surface area (Å²) in [6.45, 7) is 0. The average Bonchev–Trinajstić information content (AvgIpc) is 2.56. The summed E-state index contributed by atoms with van der Waals surface area (Å²) in [7, 11) is 0. The Morgan fingerprint density at radius 2 is 1.85 bits per heavy atom. The fraction of sp³-hybridized carbons (Fsp3) is 0.556. The number of nitro groups is 1. The summed E-state index contributed by atoms with van der Waals surface area (Å²) in [4.78, 5) is 22.7. The zero-order chi connectivity index (χ0) is 19.2. The molecular weight excluding hydrogens is 416 g/mol. The van der Waals surface area contributed by atoms with Crippen LogP contribution in [0.25, 0.3) is 0 Å². The van der Waals surface area contributed by atoms with Crippen LogP contribution in [0.1, 0.15) is 44.1 Å². The van der Waals surface area contributed by atoms with E-state index >= 15 is 0 Å². The molecule has 0 atom stereocenters. The van der Waals surface area contributed by atoms with Gasteiger partial charge in [-0.3, -0.25) is 10.1 Å². The molecule has 0 heterocycles. The van der Waals surface area contributed by atoms with Gasteiger partial charge in [0, 0.05) is 23.2 Å². The highest BCUT2D eigenvalue weighted by Gasteiger charge is 2.51. The van der Waals surface area contributed by atoms with Gasteiger partial charge in [-0.15, -0.1) is 0 Å². The molecule has 0 radical (unpaired) electrons. The van der Waals surface area contributed by atoms with E-state index in [0.29, 0.717) is 0 Å². The Labute approximate surface area is 164 Å². The molecule has 1 aromatic carbocycles. The van der Waals surface area contributed by atoms with Gasteiger partial charge in [0.1, 0.15) is 5.75 Å². The van der Waals surface area contributed by atoms with Crippen LogP contribution >= 0.6 is 15.9 Å². The zero-order valence-electron chi connectivity index (χ0n) is 14.7. The van der Waals surface area contributed by atoms with Crippen molar-refractivity contribution in [2.45, 2.75) is 44.1 Å². The number of benzene rings is 1. The number of carbonyl (C=O) groups excluding carboxylic acids is 1. The summed E-state index contributed by atoms with van der Waals surface area (Å²) in [5.74, 6) is 1.99. The predicted molar refractivity (Wildman–Crippen MR) is 103 cm³/mol. The van der Waals surface area contributed by atoms with Crippen molar-refractivity contribution in [3.05, 3.63) is 32.3 Å². The summed E-state index contributed by atoms with van der Waals surface area (Å²) >= 11 is 3.07. The number of hydrogen-bond acceptors (Lipinski definition) is 5. The molecule has 0 unspecified atom stereocenters. The molecule has 4 fully saturated rings. The number of nitro benzene ring substituents is 1. The molecule has 0 saturated heterocycles. The molecule has 144 valence electrons. The van der Waals surface area contributed by atoms with E-state index in [-0.39, 0.29) is 33.0 Å². The normalized spacial score (nSPS) is 31.2. The van der Waals surface area contributed by atoms with Crippen LogP contribution in [0.15, 0.2) is 21.7 Å². The Kier molecular flexibility index (Phi) is 4.57. The van der Waals surface area contributed by atoms with Crippen LogP contribution in [-0.2, 0) is 0 Å². The maximum Gasteiger partial charge on any atom is 0.335 e. The summed E-state index contributed by atoms with van der Waals surface area (Å²) in [6, 6.07) is 2.03. The van der Waals surface area contributed by atoms with Gasteiger partial charge in [0.25, 0.3) is 5.69 Å². The highest BCUT2D eigenvalue weighted by atomic mass is 79.9. The number of amides is 2. The Morgan fingerprint density at radius 1 is 1.26 bits per heavy atom. The lowest BCUT2D eigenvalue weighted by Crippen LogP contribution is -2.61. The van der Waals surface area contributed by atoms with Gasteiger partial charge in [-0.25, -0.2) is 10.2 Å². The van der Waals surface area contributed by atoms with Crippen LogP contribution in [0.3, 0.4) is 0 Å². The van der Waals surface area contributed by atoms with E-state index < -0.39 is 4.92 Å². The van der Waals surface area contributed by atoms with Gasteiger partial charge in [0.05, 0.1) is 15.6 Å². The molecule has 2 amide bonds. The highest BCUT2D eigenvalue weighted by Crippen LogP contribution is 2.55. The first kappa shape index (κ1) is 18.2. The average molecular weight is 437 g/mol. The lowest BCUT2D eigenvalue weighted by molar-refractivity contribution is -0.385. The molecule has 4 bridgehead atoms. The van der Waals surface area contributed by atoms with Gasteiger partial charge < -0.3 is 10.4 Å². The van der Waals surface area contributed by atoms with Gasteiger partial charge >= 0.3 is 6.03 Å². The van der Waals surface area contributed by atoms with Crippen LogP contribution in [0.4, 0.5) is 10.5 Å². The van der Waals surface area contributed by atoms with Gasteiger partial charge in [0.15, 0.2) is 0 Å². The third-order valence-electron chi connectivity index (χ3n) is 6.08. The minimum absolute atomic E-state index is 0.120. The van der Waals surface area contributed by atoms with Crippen LogP contribution in [0, 0.1) is 27.9 Å². The quantitative estimate of drug-likeness (QED) is 0.379. The molecule has 4 aliphatic rings. The van der Waals surface area contributed by atoms with Crippen molar-refractivity contribution in [3.8, 4) is 5.75 Å². The van der Waals surface area contributed by atoms with Crippen LogP contribution in [0.2, 0.25) is 0 Å². The molecule has 0 aromatic heterocycles. The number of non-ortho nitro benzene ring substituents is 1. The molecule has 27 heavy (non-hydrogen) atoms. The fourth-order valence-electron chi connectivity index (χ4n) is 5.50. The number of aromatic hydroxyl groups is 1. The van der Waals surface area contributed by atoms with Crippen molar-refractivity contribution in [1.82, 2.24) is 10.7 Å². The molecule has 5 rings (SSSR count). The lowest BCUT2D eigenvalue weighted by atomic mass is 9.53. The van der Waals surface area contributed by atoms with Crippen molar-refractivity contribution < 1.29 is 14.8 Å². The van der Waals surface area contributed by atoms with E-state index in [9.17, 15) is 20.0 Å². The van der Waals surface area contributed by atoms with Gasteiger partial charge in [-0.2, -0.15) is 5.10 Å². The number of hydrogen-bond donors (Lipinski definition) is 3. The number of rotatable bonds is 4. The third-order valence-corrected chi connectivity index (χ3v) is 6.68. The van der Waals surface area contributed by atoms with Crippen molar-refractivity contribution in [3.63, 3.8) is 0 Å². The maximum absolute atomic E-state index is 12.3. The van der Waals surface area contributed by atoms with Crippen molar-refractivity contribution in [2.24, 2.45) is 22.9 Å². The Bertz CT molecular complexity index is 791. The number of nitrogens with one attached hydrogen (secondary N) is 2. The second-order valence-corrected chi connectivity index (χ2v) is 9.00. The van der Waals surface area contributed by atoms with E-state index in [1.165, 1.54) is 37.6 Å². The molecule has 8 nitrogen and oxygen atoms in total. The second kappa shape index (κ2) is 6.78. The van der Waals surface area contributed by atoms with Gasteiger partial charge in [0.2, 0.25) is 0 Å². The molecule has 4 saturated carbocycles. The molecule has 3 N–H and O–H groups in total. The number of halogens is 1. The number of nitrogens with zero attached hydrogens (tertiary/aromatic N) is 2. The molecule has 4 aliphatic carbocycles. The highest BCUT2D eigenvalue weighted by molar-refractivity contribution is 9.10. The third kappa shape index (κ3) is 3.65. The van der Waals surface area contributed by atoms with Crippen molar-refractivity contribution in [1.29, 1.82) is 0 Å². The van der Waals surface area contributed by atoms with E-state index in [1.54, 1.807) is 0 Å². The molecule has 0 aliphatic heterocycles. The Hall–Kier alpha value is -2.16. The molecule has 1 aromatic rings. The standard InChI is InChI=1S/C18H21BrN4O4/c19-15-5-14(23(26)27)4-13(16(15)24)9-20-22-17(25)21-18-6-10-1-11(7-18)3-12(2-10)8-18/h4-5,9-12,24H,1-3,6-8H2,(H2,21,22,25). The fourth-order valence-corrected chi connectivity index (χ4v) is 5.97. The predicted octanol–water partition coefficient (Wildman–Crippen LogP) is 3.66. The topological polar surface area (TPSA) is 117 Å². The first-order valence-corrected chi connectivity index (χ1v) is 9.91. The lowest BCUT2D eigenvalue weighted by Gasteiger charge is -2.56. The maximum atomic E-state index is 12.3. The summed E-state index contributed by atoms with van der Waals surface area (Å²) in [5.41, 5.74) is 2.27. The van der Waals surface area contributed by atoms with Crippen molar-refractivity contribution >= 4 is 33.9 Å². The smallest absolute Gasteiger partial charge is 0.335 e. The number of hydrazone groups is 1. The molecule has 0 spiro atoms. The van der Waals surface area contributed by atoms with Crippen LogP contribution in [-0.4, -0.2) is 27.8 Å². The van der Waals surface area contributed by atoms with E-state index in [4.69, 9.17) is 0 Å².